The fourth-order valence-electron chi connectivity index (χ4n) is 3.93. The Hall–Kier alpha value is -1.64. The molecule has 1 aliphatic carbocycles. The van der Waals surface area contributed by atoms with Crippen molar-refractivity contribution in [2.24, 2.45) is 0 Å². The first-order chi connectivity index (χ1) is 12.0. The van der Waals surface area contributed by atoms with Crippen molar-refractivity contribution in [2.75, 3.05) is 0 Å². The molecule has 124 valence electrons. The van der Waals surface area contributed by atoms with E-state index in [9.17, 15) is 0 Å². The molecule has 25 heavy (non-hydrogen) atoms. The van der Waals surface area contributed by atoms with Crippen LogP contribution < -0.4 is 0 Å². The summed E-state index contributed by atoms with van der Waals surface area (Å²) < 4.78 is 2.26. The van der Waals surface area contributed by atoms with Gasteiger partial charge in [-0.3, -0.25) is 0 Å². The monoisotopic (exact) mass is 452 g/mol. The molecule has 0 radical (unpaired) electrons. The molecule has 1 aliphatic rings. The van der Waals surface area contributed by atoms with Gasteiger partial charge in [0.15, 0.2) is 0 Å². The lowest BCUT2D eigenvalue weighted by Gasteiger charge is -2.28. The molecule has 0 spiro atoms. The maximum atomic E-state index is 3.85. The van der Waals surface area contributed by atoms with Gasteiger partial charge in [0.05, 0.1) is 0 Å². The average Bonchev–Trinajstić information content (AvgIpc) is 2.84. The predicted molar refractivity (Wildman–Crippen MR) is 114 cm³/mol. The van der Waals surface area contributed by atoms with E-state index < -0.39 is 0 Å². The van der Waals surface area contributed by atoms with Crippen LogP contribution in [0.15, 0.2) is 76.2 Å². The topological polar surface area (TPSA) is 0 Å². The first-order valence-corrected chi connectivity index (χ1v) is 9.92. The summed E-state index contributed by atoms with van der Waals surface area (Å²) in [4.78, 5) is 0. The average molecular weight is 454 g/mol. The highest BCUT2D eigenvalue weighted by atomic mass is 79.9. The Morgan fingerprint density at radius 1 is 0.840 bits per heavy atom. The molecule has 3 aromatic carbocycles. The van der Waals surface area contributed by atoms with E-state index in [4.69, 9.17) is 0 Å². The van der Waals surface area contributed by atoms with Gasteiger partial charge in [0, 0.05) is 14.4 Å². The Balaban J connectivity index is 1.88. The van der Waals surface area contributed by atoms with E-state index in [1.54, 1.807) is 0 Å². The van der Waals surface area contributed by atoms with Crippen LogP contribution in [0, 0.1) is 0 Å². The normalized spacial score (nSPS) is 14.0. The molecule has 0 aromatic heterocycles. The molecule has 0 atom stereocenters. The quantitative estimate of drug-likeness (QED) is 0.387. The second-order valence-electron chi connectivity index (χ2n) is 6.83. The molecular weight excluding hydrogens is 436 g/mol. The summed E-state index contributed by atoms with van der Waals surface area (Å²) in [6.45, 7) is 6.21. The molecular formula is C23H18Br2. The van der Waals surface area contributed by atoms with Gasteiger partial charge < -0.3 is 0 Å². The smallest absolute Gasteiger partial charge is 0.0228 e. The minimum absolute atomic E-state index is 0.0477. The molecule has 0 amide bonds. The van der Waals surface area contributed by atoms with Gasteiger partial charge in [0.1, 0.15) is 0 Å². The van der Waals surface area contributed by atoms with E-state index in [0.717, 1.165) is 20.9 Å². The minimum Gasteiger partial charge on any atom is -0.0985 e. The molecule has 0 N–H and O–H groups in total. The third kappa shape index (κ3) is 2.82. The van der Waals surface area contributed by atoms with Crippen molar-refractivity contribution in [3.05, 3.63) is 98.4 Å². The minimum atomic E-state index is -0.0477. The lowest BCUT2D eigenvalue weighted by Crippen LogP contribution is -2.24. The number of hydrogen-bond donors (Lipinski definition) is 0. The summed E-state index contributed by atoms with van der Waals surface area (Å²) in [6.07, 6.45) is 2.86. The Morgan fingerprint density at radius 2 is 1.36 bits per heavy atom. The summed E-state index contributed by atoms with van der Waals surface area (Å²) >= 11 is 7.32. The van der Waals surface area contributed by atoms with Crippen LogP contribution in [0.1, 0.15) is 29.2 Å². The highest BCUT2D eigenvalue weighted by Crippen LogP contribution is 2.51. The lowest BCUT2D eigenvalue weighted by atomic mass is 9.75. The van der Waals surface area contributed by atoms with E-state index in [2.05, 4.69) is 106 Å². The second-order valence-corrected chi connectivity index (χ2v) is 8.67. The fourth-order valence-corrected chi connectivity index (χ4v) is 4.65. The standard InChI is InChI=1S/C23H18Br2/c1-3-15-4-6-16(7-5-15)14-23(2)21-12-17(24)8-10-19(21)20-11-9-18(25)13-22(20)23/h3-13H,1,14H2,2H3. The molecule has 2 heteroatoms. The molecule has 0 saturated heterocycles. The van der Waals surface area contributed by atoms with Crippen LogP contribution in [0.25, 0.3) is 17.2 Å². The highest BCUT2D eigenvalue weighted by molar-refractivity contribution is 9.10. The number of fused-ring (bicyclic) bond motifs is 3. The van der Waals surface area contributed by atoms with Crippen LogP contribution in [0.5, 0.6) is 0 Å². The van der Waals surface area contributed by atoms with Crippen LogP contribution >= 0.6 is 31.9 Å². The molecule has 0 heterocycles. The van der Waals surface area contributed by atoms with Gasteiger partial charge in [-0.2, -0.15) is 0 Å². The third-order valence-corrected chi connectivity index (χ3v) is 6.20. The lowest BCUT2D eigenvalue weighted by molar-refractivity contribution is 0.582. The number of rotatable bonds is 3. The van der Waals surface area contributed by atoms with Crippen molar-refractivity contribution in [1.29, 1.82) is 0 Å². The SMILES string of the molecule is C=Cc1ccc(CC2(C)c3cc(Br)ccc3-c3ccc(Br)cc32)cc1. The van der Waals surface area contributed by atoms with E-state index in [-0.39, 0.29) is 5.41 Å². The molecule has 0 nitrogen and oxygen atoms in total. The number of halogens is 2. The van der Waals surface area contributed by atoms with Gasteiger partial charge in [-0.15, -0.1) is 0 Å². The summed E-state index contributed by atoms with van der Waals surface area (Å²) in [7, 11) is 0. The van der Waals surface area contributed by atoms with Gasteiger partial charge in [-0.05, 0) is 64.1 Å². The van der Waals surface area contributed by atoms with Crippen LogP contribution in [0.2, 0.25) is 0 Å². The molecule has 0 fully saturated rings. The highest BCUT2D eigenvalue weighted by Gasteiger charge is 2.39. The molecule has 3 aromatic rings. The van der Waals surface area contributed by atoms with Crippen molar-refractivity contribution < 1.29 is 0 Å². The second kappa shape index (κ2) is 6.26. The Kier molecular flexibility index (Phi) is 4.21. The van der Waals surface area contributed by atoms with Crippen LogP contribution in [0.3, 0.4) is 0 Å². The Labute approximate surface area is 165 Å². The first kappa shape index (κ1) is 16.8. The Bertz CT molecular complexity index is 916. The Morgan fingerprint density at radius 3 is 1.84 bits per heavy atom. The van der Waals surface area contributed by atoms with Crippen LogP contribution in [-0.4, -0.2) is 0 Å². The maximum absolute atomic E-state index is 3.85. The van der Waals surface area contributed by atoms with Crippen LogP contribution in [-0.2, 0) is 11.8 Å². The van der Waals surface area contributed by atoms with Gasteiger partial charge >= 0.3 is 0 Å². The molecule has 0 unspecified atom stereocenters. The van der Waals surface area contributed by atoms with E-state index in [1.807, 2.05) is 6.08 Å². The van der Waals surface area contributed by atoms with E-state index in [1.165, 1.54) is 27.8 Å². The summed E-state index contributed by atoms with van der Waals surface area (Å²) in [5, 5.41) is 0. The van der Waals surface area contributed by atoms with Gasteiger partial charge in [0.2, 0.25) is 0 Å². The van der Waals surface area contributed by atoms with Crippen molar-refractivity contribution >= 4 is 37.9 Å². The van der Waals surface area contributed by atoms with Gasteiger partial charge in [-0.25, -0.2) is 0 Å². The molecule has 0 bridgehead atoms. The third-order valence-electron chi connectivity index (χ3n) is 5.22. The van der Waals surface area contributed by atoms with Gasteiger partial charge in [-0.1, -0.05) is 87.8 Å². The van der Waals surface area contributed by atoms with Crippen molar-refractivity contribution in [3.63, 3.8) is 0 Å². The zero-order valence-corrected chi connectivity index (χ0v) is 17.2. The summed E-state index contributed by atoms with van der Waals surface area (Å²) in [6, 6.07) is 22.0. The maximum Gasteiger partial charge on any atom is 0.0228 e. The molecule has 4 rings (SSSR count). The fraction of sp³-hybridized carbons (Fsp3) is 0.130. The van der Waals surface area contributed by atoms with Crippen molar-refractivity contribution in [1.82, 2.24) is 0 Å². The predicted octanol–water partition coefficient (Wildman–Crippen LogP) is 7.38. The number of benzene rings is 3. The number of hydrogen-bond acceptors (Lipinski definition) is 0. The zero-order chi connectivity index (χ0) is 17.6. The summed E-state index contributed by atoms with van der Waals surface area (Å²) in [5.41, 5.74) is 7.92. The molecule has 0 aliphatic heterocycles. The van der Waals surface area contributed by atoms with E-state index >= 15 is 0 Å². The first-order valence-electron chi connectivity index (χ1n) is 8.33. The summed E-state index contributed by atoms with van der Waals surface area (Å²) in [5.74, 6) is 0. The zero-order valence-electron chi connectivity index (χ0n) is 14.0. The molecule has 0 saturated carbocycles. The van der Waals surface area contributed by atoms with Crippen LogP contribution in [0.4, 0.5) is 0 Å². The van der Waals surface area contributed by atoms with E-state index in [0.29, 0.717) is 0 Å². The van der Waals surface area contributed by atoms with Crippen molar-refractivity contribution in [2.45, 2.75) is 18.8 Å². The van der Waals surface area contributed by atoms with Gasteiger partial charge in [0.25, 0.3) is 0 Å². The largest absolute Gasteiger partial charge is 0.0985 e. The van der Waals surface area contributed by atoms with Crippen molar-refractivity contribution in [3.8, 4) is 11.1 Å².